The molecule has 1 aromatic carbocycles. The number of amides is 2. The van der Waals surface area contributed by atoms with Crippen LogP contribution < -0.4 is 5.56 Å². The third-order valence-corrected chi connectivity index (χ3v) is 6.35. The molecule has 0 unspecified atom stereocenters. The minimum absolute atomic E-state index is 0.0699. The Morgan fingerprint density at radius 3 is 2.39 bits per heavy atom. The third-order valence-electron chi connectivity index (χ3n) is 5.46. The summed E-state index contributed by atoms with van der Waals surface area (Å²) in [6.07, 6.45) is 1.39. The molecule has 2 amide bonds. The van der Waals surface area contributed by atoms with Gasteiger partial charge in [-0.3, -0.25) is 19.0 Å². The number of piperazine rings is 1. The predicted octanol–water partition coefficient (Wildman–Crippen LogP) is 2.59. The van der Waals surface area contributed by atoms with Gasteiger partial charge in [-0.25, -0.2) is 9.37 Å². The van der Waals surface area contributed by atoms with Crippen molar-refractivity contribution in [3.63, 3.8) is 0 Å². The number of halogens is 1. The van der Waals surface area contributed by atoms with E-state index in [0.29, 0.717) is 42.0 Å². The van der Waals surface area contributed by atoms with Gasteiger partial charge in [0.15, 0.2) is 0 Å². The fourth-order valence-corrected chi connectivity index (χ4v) is 4.62. The van der Waals surface area contributed by atoms with Crippen LogP contribution in [-0.2, 0) is 16.1 Å². The lowest BCUT2D eigenvalue weighted by molar-refractivity contribution is -0.141. The van der Waals surface area contributed by atoms with Crippen molar-refractivity contribution < 1.29 is 14.0 Å². The van der Waals surface area contributed by atoms with Crippen LogP contribution >= 0.6 is 11.3 Å². The number of hydrogen-bond donors (Lipinski definition) is 0. The molecule has 31 heavy (non-hydrogen) atoms. The normalized spacial score (nSPS) is 14.5. The summed E-state index contributed by atoms with van der Waals surface area (Å²) in [7, 11) is 0. The van der Waals surface area contributed by atoms with Crippen LogP contribution in [0.15, 0.2) is 40.8 Å². The van der Waals surface area contributed by atoms with E-state index in [1.54, 1.807) is 21.9 Å². The zero-order valence-electron chi connectivity index (χ0n) is 17.4. The van der Waals surface area contributed by atoms with Gasteiger partial charge in [0, 0.05) is 43.0 Å². The summed E-state index contributed by atoms with van der Waals surface area (Å²) in [4.78, 5) is 46.4. The highest BCUT2D eigenvalue weighted by Gasteiger charge is 2.26. The van der Waals surface area contributed by atoms with Crippen LogP contribution in [0.4, 0.5) is 4.39 Å². The maximum absolute atomic E-state index is 13.3. The number of benzene rings is 1. The van der Waals surface area contributed by atoms with Crippen molar-refractivity contribution in [1.29, 1.82) is 0 Å². The number of carbonyl (C=O) groups is 2. The van der Waals surface area contributed by atoms with Gasteiger partial charge >= 0.3 is 0 Å². The Kier molecular flexibility index (Phi) is 5.86. The van der Waals surface area contributed by atoms with Crippen molar-refractivity contribution in [2.45, 2.75) is 20.4 Å². The van der Waals surface area contributed by atoms with Gasteiger partial charge in [0.25, 0.3) is 5.56 Å². The summed E-state index contributed by atoms with van der Waals surface area (Å²) in [5.41, 5.74) is 1.11. The maximum atomic E-state index is 13.3. The zero-order chi connectivity index (χ0) is 22.1. The summed E-state index contributed by atoms with van der Waals surface area (Å²) in [5, 5.41) is 2.25. The monoisotopic (exact) mass is 442 g/mol. The first-order valence-electron chi connectivity index (χ1n) is 10.1. The molecule has 3 aromatic rings. The van der Waals surface area contributed by atoms with Crippen LogP contribution in [-0.4, -0.2) is 57.3 Å². The predicted molar refractivity (Wildman–Crippen MR) is 117 cm³/mol. The molecular weight excluding hydrogens is 419 g/mol. The van der Waals surface area contributed by atoms with Crippen LogP contribution in [0.3, 0.4) is 0 Å². The lowest BCUT2D eigenvalue weighted by Gasteiger charge is -2.35. The quantitative estimate of drug-likeness (QED) is 0.623. The lowest BCUT2D eigenvalue weighted by Crippen LogP contribution is -2.52. The van der Waals surface area contributed by atoms with E-state index in [0.717, 1.165) is 5.56 Å². The number of carbonyl (C=O) groups excluding carboxylic acids is 2. The molecule has 0 aliphatic carbocycles. The van der Waals surface area contributed by atoms with Crippen LogP contribution in [0.2, 0.25) is 0 Å². The molecule has 3 heterocycles. The molecular formula is C22H23FN4O3S. The Morgan fingerprint density at radius 2 is 1.74 bits per heavy atom. The van der Waals surface area contributed by atoms with E-state index in [4.69, 9.17) is 0 Å². The highest BCUT2D eigenvalue weighted by Crippen LogP contribution is 2.30. The van der Waals surface area contributed by atoms with Crippen LogP contribution in [0.25, 0.3) is 21.3 Å². The third kappa shape index (κ3) is 4.23. The number of thiophene rings is 1. The summed E-state index contributed by atoms with van der Waals surface area (Å²) >= 11 is 1.34. The second-order valence-electron chi connectivity index (χ2n) is 7.87. The Labute approximate surface area is 182 Å². The lowest BCUT2D eigenvalue weighted by atomic mass is 10.1. The fraction of sp³-hybridized carbons (Fsp3) is 0.364. The molecule has 9 heteroatoms. The van der Waals surface area contributed by atoms with Gasteiger partial charge in [-0.05, 0) is 17.7 Å². The van der Waals surface area contributed by atoms with E-state index >= 15 is 0 Å². The molecule has 4 rings (SSSR count). The second-order valence-corrected chi connectivity index (χ2v) is 8.73. The molecule has 0 radical (unpaired) electrons. The molecule has 1 aliphatic heterocycles. The van der Waals surface area contributed by atoms with Crippen molar-refractivity contribution in [3.05, 3.63) is 52.1 Å². The van der Waals surface area contributed by atoms with Crippen LogP contribution in [0.1, 0.15) is 13.8 Å². The van der Waals surface area contributed by atoms with Gasteiger partial charge in [0.05, 0.1) is 11.7 Å². The van der Waals surface area contributed by atoms with E-state index in [1.165, 1.54) is 34.4 Å². The van der Waals surface area contributed by atoms with Gasteiger partial charge in [0.2, 0.25) is 11.8 Å². The second kappa shape index (κ2) is 8.58. The van der Waals surface area contributed by atoms with Crippen LogP contribution in [0.5, 0.6) is 0 Å². The molecule has 162 valence electrons. The summed E-state index contributed by atoms with van der Waals surface area (Å²) in [6, 6.07) is 5.94. The number of hydrogen-bond acceptors (Lipinski definition) is 5. The number of fused-ring (bicyclic) bond motifs is 1. The van der Waals surface area contributed by atoms with Crippen molar-refractivity contribution in [2.24, 2.45) is 5.92 Å². The zero-order valence-corrected chi connectivity index (χ0v) is 18.2. The molecule has 0 spiro atoms. The standard InChI is InChI=1S/C22H23FN4O3S/c1-14(2)21(29)26-9-7-25(8-10-26)18(28)11-27-13-24-20-19(22(27)30)17(12-31-20)15-3-5-16(23)6-4-15/h3-6,12-14H,7-11H2,1-2H3. The smallest absolute Gasteiger partial charge is 0.263 e. The minimum Gasteiger partial charge on any atom is -0.339 e. The van der Waals surface area contributed by atoms with Gasteiger partial charge in [-0.2, -0.15) is 0 Å². The first-order valence-corrected chi connectivity index (χ1v) is 11.0. The molecule has 0 saturated carbocycles. The van der Waals surface area contributed by atoms with Gasteiger partial charge in [-0.1, -0.05) is 26.0 Å². The Hall–Kier alpha value is -3.07. The Balaban J connectivity index is 1.53. The van der Waals surface area contributed by atoms with E-state index in [9.17, 15) is 18.8 Å². The molecule has 0 bridgehead atoms. The maximum Gasteiger partial charge on any atom is 0.263 e. The molecule has 7 nitrogen and oxygen atoms in total. The molecule has 1 saturated heterocycles. The summed E-state index contributed by atoms with van der Waals surface area (Å²) in [6.45, 7) is 5.49. The molecule has 0 atom stereocenters. The molecule has 0 N–H and O–H groups in total. The van der Waals surface area contributed by atoms with Crippen molar-refractivity contribution in [2.75, 3.05) is 26.2 Å². The van der Waals surface area contributed by atoms with E-state index in [1.807, 2.05) is 19.2 Å². The van der Waals surface area contributed by atoms with Gasteiger partial charge in [0.1, 0.15) is 17.2 Å². The average Bonchev–Trinajstić information content (AvgIpc) is 3.20. The van der Waals surface area contributed by atoms with Gasteiger partial charge < -0.3 is 9.80 Å². The first-order chi connectivity index (χ1) is 14.8. The molecule has 1 fully saturated rings. The highest BCUT2D eigenvalue weighted by atomic mass is 32.1. The number of rotatable bonds is 4. The first kappa shape index (κ1) is 21.2. The van der Waals surface area contributed by atoms with Crippen molar-refractivity contribution in [1.82, 2.24) is 19.4 Å². The largest absolute Gasteiger partial charge is 0.339 e. The molecule has 1 aliphatic rings. The number of aromatic nitrogens is 2. The minimum atomic E-state index is -0.348. The summed E-state index contributed by atoms with van der Waals surface area (Å²) < 4.78 is 14.6. The van der Waals surface area contributed by atoms with E-state index < -0.39 is 0 Å². The van der Waals surface area contributed by atoms with E-state index in [-0.39, 0.29) is 35.7 Å². The van der Waals surface area contributed by atoms with Crippen molar-refractivity contribution >= 4 is 33.4 Å². The Bertz CT molecular complexity index is 1180. The SMILES string of the molecule is CC(C)C(=O)N1CCN(C(=O)Cn2cnc3scc(-c4ccc(F)cc4)c3c2=O)CC1. The van der Waals surface area contributed by atoms with Crippen molar-refractivity contribution in [3.8, 4) is 11.1 Å². The van der Waals surface area contributed by atoms with Crippen LogP contribution in [0, 0.1) is 11.7 Å². The topological polar surface area (TPSA) is 75.5 Å². The summed E-state index contributed by atoms with van der Waals surface area (Å²) in [5.74, 6) is -0.513. The highest BCUT2D eigenvalue weighted by molar-refractivity contribution is 7.17. The number of nitrogens with zero attached hydrogens (tertiary/aromatic N) is 4. The Morgan fingerprint density at radius 1 is 1.10 bits per heavy atom. The fourth-order valence-electron chi connectivity index (χ4n) is 3.71. The average molecular weight is 443 g/mol. The van der Waals surface area contributed by atoms with E-state index in [2.05, 4.69) is 4.98 Å². The molecule has 2 aromatic heterocycles. The van der Waals surface area contributed by atoms with Gasteiger partial charge in [-0.15, -0.1) is 11.3 Å².